The molecule has 7 nitrogen and oxygen atoms in total. The number of hydrogen-bond donors (Lipinski definition) is 2. The second-order valence-electron chi connectivity index (χ2n) is 7.16. The van der Waals surface area contributed by atoms with Crippen LogP contribution in [0, 0.1) is 5.92 Å². The van der Waals surface area contributed by atoms with Crippen LogP contribution in [0.5, 0.6) is 0 Å². The maximum atomic E-state index is 14.7. The number of aliphatic imine (C=N–C) groups is 1. The molecule has 1 unspecified atom stereocenters. The van der Waals surface area contributed by atoms with Gasteiger partial charge in [-0.2, -0.15) is 13.2 Å². The summed E-state index contributed by atoms with van der Waals surface area (Å²) in [6.45, 7) is 4.77. The van der Waals surface area contributed by atoms with Gasteiger partial charge in [0.2, 0.25) is 0 Å². The number of alkyl halides is 5. The van der Waals surface area contributed by atoms with Crippen LogP contribution >= 0.6 is 0 Å². The van der Waals surface area contributed by atoms with E-state index in [9.17, 15) is 31.1 Å². The van der Waals surface area contributed by atoms with Crippen LogP contribution in [-0.2, 0) is 10.9 Å². The highest BCUT2D eigenvalue weighted by Crippen LogP contribution is 2.54. The molecular formula is C19H17F6N5O2. The molecule has 1 fully saturated rings. The zero-order valence-corrected chi connectivity index (χ0v) is 16.5. The Morgan fingerprint density at radius 1 is 1.34 bits per heavy atom. The van der Waals surface area contributed by atoms with Gasteiger partial charge in [-0.3, -0.25) is 4.79 Å². The molecule has 1 amide bonds. The van der Waals surface area contributed by atoms with Gasteiger partial charge in [-0.05, 0) is 25.5 Å². The molecule has 1 aliphatic heterocycles. The molecule has 32 heavy (non-hydrogen) atoms. The standard InChI is InChI=1S/C19H17F6N5O2/c1-8(29-15(31)12-6-28-14(7-27-12)19(23,24)25)3-4-11(20)9(2)18(16(21)22)10-5-13(10)32-17(26)30-18/h3-4,6-7,10,13,16H,2,5H2,1H3,(H2,26,30)(H,29,31)/b8-3+,11-4+/t10?,13-,18-/m1/s1. The van der Waals surface area contributed by atoms with Crippen molar-refractivity contribution in [2.75, 3.05) is 0 Å². The van der Waals surface area contributed by atoms with E-state index in [1.807, 2.05) is 0 Å². The van der Waals surface area contributed by atoms with Crippen LogP contribution in [0.4, 0.5) is 26.3 Å². The van der Waals surface area contributed by atoms with Crippen molar-refractivity contribution in [3.8, 4) is 0 Å². The van der Waals surface area contributed by atoms with Crippen molar-refractivity contribution >= 4 is 11.9 Å². The number of allylic oxidation sites excluding steroid dienone is 3. The molecular weight excluding hydrogens is 444 g/mol. The van der Waals surface area contributed by atoms with Gasteiger partial charge in [0.15, 0.2) is 11.2 Å². The maximum absolute atomic E-state index is 14.7. The van der Waals surface area contributed by atoms with Gasteiger partial charge < -0.3 is 15.8 Å². The molecule has 3 rings (SSSR count). The molecule has 0 aromatic carbocycles. The summed E-state index contributed by atoms with van der Waals surface area (Å²) in [7, 11) is 0. The van der Waals surface area contributed by atoms with Crippen LogP contribution in [0.2, 0.25) is 0 Å². The van der Waals surface area contributed by atoms with Crippen molar-refractivity contribution in [3.63, 3.8) is 0 Å². The third kappa shape index (κ3) is 4.46. The van der Waals surface area contributed by atoms with Gasteiger partial charge in [0.1, 0.15) is 17.6 Å². The minimum atomic E-state index is -4.71. The Bertz CT molecular complexity index is 1020. The zero-order chi connectivity index (χ0) is 23.8. The van der Waals surface area contributed by atoms with Crippen molar-refractivity contribution in [3.05, 3.63) is 59.6 Å². The Morgan fingerprint density at radius 3 is 2.59 bits per heavy atom. The zero-order valence-electron chi connectivity index (χ0n) is 16.5. The van der Waals surface area contributed by atoms with Gasteiger partial charge in [0.05, 0.1) is 12.4 Å². The first-order valence-corrected chi connectivity index (χ1v) is 9.10. The predicted molar refractivity (Wildman–Crippen MR) is 99.9 cm³/mol. The van der Waals surface area contributed by atoms with Crippen molar-refractivity contribution in [2.45, 2.75) is 37.6 Å². The van der Waals surface area contributed by atoms with Crippen LogP contribution in [0.1, 0.15) is 29.5 Å². The molecule has 2 aliphatic rings. The minimum absolute atomic E-state index is 0.0463. The average Bonchev–Trinajstić information content (AvgIpc) is 3.49. The SMILES string of the molecule is C=C(/C(F)=C\C=C(/C)NC(=O)c1cnc(C(F)(F)F)cn1)[C@@]1(C(F)F)N=C(N)O[C@@H]2CC21. The summed E-state index contributed by atoms with van der Waals surface area (Å²) in [6.07, 6.45) is -5.27. The lowest BCUT2D eigenvalue weighted by molar-refractivity contribution is -0.141. The molecule has 3 N–H and O–H groups in total. The third-order valence-corrected chi connectivity index (χ3v) is 4.93. The molecule has 1 saturated carbocycles. The highest BCUT2D eigenvalue weighted by Gasteiger charge is 2.64. The highest BCUT2D eigenvalue weighted by molar-refractivity contribution is 5.93. The number of aromatic nitrogens is 2. The Labute approximate surface area is 177 Å². The van der Waals surface area contributed by atoms with Gasteiger partial charge in [-0.1, -0.05) is 6.58 Å². The first-order chi connectivity index (χ1) is 14.9. The van der Waals surface area contributed by atoms with E-state index in [1.54, 1.807) is 0 Å². The number of nitrogens with zero attached hydrogens (tertiary/aromatic N) is 3. The van der Waals surface area contributed by atoms with Gasteiger partial charge in [0, 0.05) is 17.2 Å². The topological polar surface area (TPSA) is 102 Å². The number of carbonyl (C=O) groups is 1. The Balaban J connectivity index is 1.72. The van der Waals surface area contributed by atoms with Crippen LogP contribution in [-0.4, -0.2) is 40.0 Å². The Kier molecular flexibility index (Phi) is 6.03. The van der Waals surface area contributed by atoms with E-state index in [2.05, 4.69) is 26.9 Å². The summed E-state index contributed by atoms with van der Waals surface area (Å²) in [5, 5.41) is 2.27. The predicted octanol–water partition coefficient (Wildman–Crippen LogP) is 3.28. The molecule has 2 heterocycles. The number of halogens is 6. The number of hydrogen-bond acceptors (Lipinski definition) is 6. The second kappa shape index (κ2) is 8.28. The number of amides is 1. The first-order valence-electron chi connectivity index (χ1n) is 9.10. The molecule has 0 spiro atoms. The van der Waals surface area contributed by atoms with E-state index in [0.717, 1.165) is 12.2 Å². The molecule has 0 saturated heterocycles. The van der Waals surface area contributed by atoms with E-state index in [0.29, 0.717) is 12.4 Å². The molecule has 1 aromatic heterocycles. The van der Waals surface area contributed by atoms with E-state index >= 15 is 0 Å². The van der Waals surface area contributed by atoms with E-state index < -0.39 is 64.9 Å². The quantitative estimate of drug-likeness (QED) is 0.500. The van der Waals surface area contributed by atoms with Crippen molar-refractivity contribution < 1.29 is 35.9 Å². The number of rotatable bonds is 6. The summed E-state index contributed by atoms with van der Waals surface area (Å²) in [6, 6.07) is -0.477. The lowest BCUT2D eigenvalue weighted by Crippen LogP contribution is -2.46. The summed E-state index contributed by atoms with van der Waals surface area (Å²) >= 11 is 0. The van der Waals surface area contributed by atoms with Crippen LogP contribution in [0.3, 0.4) is 0 Å². The molecule has 1 aliphatic carbocycles. The number of nitrogens with one attached hydrogen (secondary N) is 1. The maximum Gasteiger partial charge on any atom is 0.434 e. The van der Waals surface area contributed by atoms with E-state index in [1.165, 1.54) is 6.92 Å². The second-order valence-corrected chi connectivity index (χ2v) is 7.16. The molecule has 1 aromatic rings. The number of fused-ring (bicyclic) bond motifs is 1. The summed E-state index contributed by atoms with van der Waals surface area (Å²) < 4.78 is 85.0. The number of amidine groups is 1. The minimum Gasteiger partial charge on any atom is -0.462 e. The normalized spacial score (nSPS) is 25.6. The summed E-state index contributed by atoms with van der Waals surface area (Å²) in [5.41, 5.74) is 0.965. The van der Waals surface area contributed by atoms with E-state index in [4.69, 9.17) is 10.5 Å². The van der Waals surface area contributed by atoms with Crippen LogP contribution < -0.4 is 11.1 Å². The molecule has 3 atom stereocenters. The monoisotopic (exact) mass is 461 g/mol. The highest BCUT2D eigenvalue weighted by atomic mass is 19.4. The summed E-state index contributed by atoms with van der Waals surface area (Å²) in [5.74, 6) is -2.79. The lowest BCUT2D eigenvalue weighted by Gasteiger charge is -2.33. The van der Waals surface area contributed by atoms with Gasteiger partial charge in [-0.15, -0.1) is 0 Å². The fourth-order valence-electron chi connectivity index (χ4n) is 3.21. The van der Waals surface area contributed by atoms with Crippen molar-refractivity contribution in [1.29, 1.82) is 0 Å². The number of ether oxygens (including phenoxy) is 1. The average molecular weight is 461 g/mol. The van der Waals surface area contributed by atoms with Gasteiger partial charge in [0.25, 0.3) is 18.4 Å². The lowest BCUT2D eigenvalue weighted by atomic mass is 9.84. The number of nitrogens with two attached hydrogens (primary N) is 1. The van der Waals surface area contributed by atoms with Gasteiger partial charge >= 0.3 is 6.18 Å². The molecule has 172 valence electrons. The van der Waals surface area contributed by atoms with Crippen molar-refractivity contribution in [2.24, 2.45) is 16.6 Å². The fourth-order valence-corrected chi connectivity index (χ4v) is 3.21. The molecule has 0 radical (unpaired) electrons. The third-order valence-electron chi connectivity index (χ3n) is 4.93. The van der Waals surface area contributed by atoms with Crippen molar-refractivity contribution in [1.82, 2.24) is 15.3 Å². The summed E-state index contributed by atoms with van der Waals surface area (Å²) in [4.78, 5) is 22.2. The smallest absolute Gasteiger partial charge is 0.434 e. The fraction of sp³-hybridized carbons (Fsp3) is 0.368. The first kappa shape index (κ1) is 23.3. The Hall–Kier alpha value is -3.38. The van der Waals surface area contributed by atoms with E-state index in [-0.39, 0.29) is 12.1 Å². The largest absolute Gasteiger partial charge is 0.462 e. The molecule has 0 bridgehead atoms. The molecule has 13 heteroatoms. The van der Waals surface area contributed by atoms with Crippen LogP contribution in [0.25, 0.3) is 0 Å². The van der Waals surface area contributed by atoms with Gasteiger partial charge in [-0.25, -0.2) is 28.1 Å². The number of carbonyl (C=O) groups excluding carboxylic acids is 1. The Morgan fingerprint density at radius 2 is 2.03 bits per heavy atom. The van der Waals surface area contributed by atoms with Crippen LogP contribution in [0.15, 0.2) is 53.2 Å².